The lowest BCUT2D eigenvalue weighted by Crippen LogP contribution is -2.39. The fraction of sp³-hybridized carbons (Fsp3) is 0.227. The van der Waals surface area contributed by atoms with Gasteiger partial charge in [-0.05, 0) is 43.3 Å². The molecule has 5 rings (SSSR count). The van der Waals surface area contributed by atoms with E-state index in [1.165, 1.54) is 12.1 Å². The molecule has 2 atom stereocenters. The summed E-state index contributed by atoms with van der Waals surface area (Å²) in [7, 11) is 1.52. The molecule has 2 aromatic carbocycles. The van der Waals surface area contributed by atoms with Crippen molar-refractivity contribution in [1.82, 2.24) is 9.99 Å². The molecule has 3 aromatic rings. The maximum absolute atomic E-state index is 13.2. The minimum absolute atomic E-state index is 0.179. The van der Waals surface area contributed by atoms with Crippen LogP contribution in [-0.2, 0) is 16.1 Å². The minimum Gasteiger partial charge on any atom is -0.497 e. The predicted octanol–water partition coefficient (Wildman–Crippen LogP) is 3.81. The lowest BCUT2D eigenvalue weighted by Gasteiger charge is -2.20. The second-order valence-corrected chi connectivity index (χ2v) is 7.87. The van der Waals surface area contributed by atoms with Crippen molar-refractivity contribution in [3.05, 3.63) is 65.0 Å². The van der Waals surface area contributed by atoms with Crippen LogP contribution < -0.4 is 9.64 Å². The molecule has 162 valence electrons. The Hall–Kier alpha value is -3.72. The fourth-order valence-corrected chi connectivity index (χ4v) is 3.93. The van der Waals surface area contributed by atoms with E-state index in [-0.39, 0.29) is 6.54 Å². The molecule has 1 aromatic heterocycles. The second kappa shape index (κ2) is 7.76. The van der Waals surface area contributed by atoms with Crippen LogP contribution in [0.2, 0.25) is 5.02 Å². The number of oxazole rings is 1. The van der Waals surface area contributed by atoms with Crippen molar-refractivity contribution in [2.45, 2.75) is 25.6 Å². The molecule has 3 heterocycles. The number of aromatic nitrogens is 1. The SMILES string of the molecule is COc1cccc(N2C(=O)C3N=NN(Cc4nc(-c5ccc(Cl)cc5)oc4C)C3C2=O)c1. The summed E-state index contributed by atoms with van der Waals surface area (Å²) in [5.74, 6) is 0.769. The summed E-state index contributed by atoms with van der Waals surface area (Å²) in [5, 5.41) is 10.2. The molecule has 1 fully saturated rings. The van der Waals surface area contributed by atoms with Gasteiger partial charge in [0.05, 0.1) is 19.3 Å². The number of fused-ring (bicyclic) bond motifs is 1. The number of methoxy groups -OCH3 is 1. The number of hydrogen-bond acceptors (Lipinski definition) is 8. The summed E-state index contributed by atoms with van der Waals surface area (Å²) in [6.07, 6.45) is 0. The highest BCUT2D eigenvalue weighted by Gasteiger charge is 2.55. The molecule has 9 nitrogen and oxygen atoms in total. The first kappa shape index (κ1) is 20.2. The maximum Gasteiger partial charge on any atom is 0.263 e. The van der Waals surface area contributed by atoms with Crippen molar-refractivity contribution in [3.63, 3.8) is 0 Å². The van der Waals surface area contributed by atoms with Crippen molar-refractivity contribution < 1.29 is 18.7 Å². The quantitative estimate of drug-likeness (QED) is 0.547. The lowest BCUT2D eigenvalue weighted by molar-refractivity contribution is -0.123. The number of imide groups is 1. The zero-order valence-corrected chi connectivity index (χ0v) is 18.0. The molecule has 0 N–H and O–H groups in total. The van der Waals surface area contributed by atoms with Gasteiger partial charge in [-0.2, -0.15) is 5.11 Å². The Labute approximate surface area is 188 Å². The van der Waals surface area contributed by atoms with E-state index in [1.807, 2.05) is 12.1 Å². The first-order valence-corrected chi connectivity index (χ1v) is 10.3. The average Bonchev–Trinajstić information content (AvgIpc) is 3.44. The van der Waals surface area contributed by atoms with E-state index in [0.717, 1.165) is 10.5 Å². The van der Waals surface area contributed by atoms with Gasteiger partial charge in [-0.15, -0.1) is 0 Å². The van der Waals surface area contributed by atoms with Crippen LogP contribution in [0.4, 0.5) is 5.69 Å². The molecule has 10 heteroatoms. The summed E-state index contributed by atoms with van der Waals surface area (Å²) >= 11 is 5.95. The summed E-state index contributed by atoms with van der Waals surface area (Å²) in [4.78, 5) is 31.8. The summed E-state index contributed by atoms with van der Waals surface area (Å²) in [6.45, 7) is 1.97. The van der Waals surface area contributed by atoms with E-state index < -0.39 is 23.9 Å². The zero-order valence-electron chi connectivity index (χ0n) is 17.2. The molecule has 2 aliphatic heterocycles. The van der Waals surface area contributed by atoms with E-state index in [0.29, 0.717) is 33.8 Å². The monoisotopic (exact) mass is 451 g/mol. The number of anilines is 1. The van der Waals surface area contributed by atoms with Gasteiger partial charge in [0.1, 0.15) is 17.2 Å². The van der Waals surface area contributed by atoms with E-state index in [9.17, 15) is 9.59 Å². The van der Waals surface area contributed by atoms with Gasteiger partial charge in [-0.1, -0.05) is 22.9 Å². The van der Waals surface area contributed by atoms with Crippen LogP contribution in [0.5, 0.6) is 5.75 Å². The molecule has 1 saturated heterocycles. The number of aryl methyl sites for hydroxylation is 1. The lowest BCUT2D eigenvalue weighted by atomic mass is 10.1. The van der Waals surface area contributed by atoms with Crippen LogP contribution in [0, 0.1) is 6.92 Å². The van der Waals surface area contributed by atoms with Crippen molar-refractivity contribution in [2.75, 3.05) is 12.0 Å². The highest BCUT2D eigenvalue weighted by molar-refractivity contribution is 6.30. The number of ether oxygens (including phenoxy) is 1. The Balaban J connectivity index is 1.39. The number of hydrogen-bond donors (Lipinski definition) is 0. The highest BCUT2D eigenvalue weighted by atomic mass is 35.5. The second-order valence-electron chi connectivity index (χ2n) is 7.43. The van der Waals surface area contributed by atoms with Gasteiger partial charge >= 0.3 is 0 Å². The summed E-state index contributed by atoms with van der Waals surface area (Å²) in [5.41, 5.74) is 1.82. The van der Waals surface area contributed by atoms with Crippen LogP contribution in [-0.4, -0.2) is 41.0 Å². The number of nitrogens with zero attached hydrogens (tertiary/aromatic N) is 5. The van der Waals surface area contributed by atoms with Crippen molar-refractivity contribution >= 4 is 29.1 Å². The van der Waals surface area contributed by atoms with Gasteiger partial charge in [0.25, 0.3) is 11.8 Å². The Morgan fingerprint density at radius 1 is 1.12 bits per heavy atom. The summed E-state index contributed by atoms with van der Waals surface area (Å²) < 4.78 is 11.0. The molecule has 2 aliphatic rings. The standard InChI is InChI=1S/C22H18ClN5O4/c1-12-17(24-20(32-12)13-6-8-14(23)9-7-13)11-27-19-18(25-26-27)21(29)28(22(19)30)15-4-3-5-16(10-15)31-2/h3-10,18-19H,11H2,1-2H3. The van der Waals surface area contributed by atoms with Gasteiger partial charge in [0, 0.05) is 16.7 Å². The van der Waals surface area contributed by atoms with Gasteiger partial charge < -0.3 is 9.15 Å². The van der Waals surface area contributed by atoms with E-state index in [4.69, 9.17) is 20.8 Å². The van der Waals surface area contributed by atoms with Gasteiger partial charge in [-0.25, -0.2) is 9.88 Å². The molecule has 2 unspecified atom stereocenters. The van der Waals surface area contributed by atoms with Crippen LogP contribution in [0.25, 0.3) is 11.5 Å². The third-order valence-electron chi connectivity index (χ3n) is 5.47. The smallest absolute Gasteiger partial charge is 0.263 e. The Bertz CT molecular complexity index is 1240. The number of rotatable bonds is 5. The Kier molecular flexibility index (Phi) is 4.90. The largest absolute Gasteiger partial charge is 0.497 e. The molecular formula is C22H18ClN5O4. The number of benzene rings is 2. The van der Waals surface area contributed by atoms with Gasteiger partial charge in [0.2, 0.25) is 5.89 Å². The topological polar surface area (TPSA) is 101 Å². The maximum atomic E-state index is 13.2. The van der Waals surface area contributed by atoms with Gasteiger partial charge in [0.15, 0.2) is 12.1 Å². The number of carbonyl (C=O) groups is 2. The Morgan fingerprint density at radius 2 is 1.91 bits per heavy atom. The van der Waals surface area contributed by atoms with Crippen molar-refractivity contribution in [2.24, 2.45) is 10.3 Å². The highest BCUT2D eigenvalue weighted by Crippen LogP contribution is 2.34. The molecule has 0 radical (unpaired) electrons. The third-order valence-corrected chi connectivity index (χ3v) is 5.72. The van der Waals surface area contributed by atoms with Crippen LogP contribution >= 0.6 is 11.6 Å². The van der Waals surface area contributed by atoms with Crippen LogP contribution in [0.1, 0.15) is 11.5 Å². The average molecular weight is 452 g/mol. The van der Waals surface area contributed by atoms with Crippen molar-refractivity contribution in [1.29, 1.82) is 0 Å². The molecule has 0 spiro atoms. The minimum atomic E-state index is -0.892. The first-order chi connectivity index (χ1) is 15.5. The van der Waals surface area contributed by atoms with E-state index >= 15 is 0 Å². The number of amides is 2. The third kappa shape index (κ3) is 3.31. The van der Waals surface area contributed by atoms with Gasteiger partial charge in [-0.3, -0.25) is 14.6 Å². The van der Waals surface area contributed by atoms with Crippen LogP contribution in [0.15, 0.2) is 63.3 Å². The molecular weight excluding hydrogens is 434 g/mol. The van der Waals surface area contributed by atoms with Crippen LogP contribution in [0.3, 0.4) is 0 Å². The summed E-state index contributed by atoms with van der Waals surface area (Å²) in [6, 6.07) is 12.2. The van der Waals surface area contributed by atoms with E-state index in [1.54, 1.807) is 43.3 Å². The molecule has 0 saturated carbocycles. The number of halogens is 1. The number of carbonyl (C=O) groups excluding carboxylic acids is 2. The molecule has 0 aliphatic carbocycles. The van der Waals surface area contributed by atoms with E-state index in [2.05, 4.69) is 15.3 Å². The Morgan fingerprint density at radius 3 is 2.66 bits per heavy atom. The molecule has 32 heavy (non-hydrogen) atoms. The zero-order chi connectivity index (χ0) is 22.4. The van der Waals surface area contributed by atoms with Crippen molar-refractivity contribution in [3.8, 4) is 17.2 Å². The fourth-order valence-electron chi connectivity index (χ4n) is 3.80. The molecule has 2 amide bonds. The predicted molar refractivity (Wildman–Crippen MR) is 115 cm³/mol. The molecule has 0 bridgehead atoms. The normalized spacial score (nSPS) is 19.7. The first-order valence-electron chi connectivity index (χ1n) is 9.88.